The van der Waals surface area contributed by atoms with Gasteiger partial charge in [0, 0.05) is 31.5 Å². The smallest absolute Gasteiger partial charge is 0.326 e. The van der Waals surface area contributed by atoms with Crippen LogP contribution in [-0.2, 0) is 4.74 Å². The third kappa shape index (κ3) is 2.36. The molecule has 1 aliphatic heterocycles. The summed E-state index contributed by atoms with van der Waals surface area (Å²) in [5.41, 5.74) is 0. The summed E-state index contributed by atoms with van der Waals surface area (Å²) in [6.07, 6.45) is 5.97. The van der Waals surface area contributed by atoms with Crippen molar-refractivity contribution in [2.75, 3.05) is 13.2 Å². The second-order valence-corrected chi connectivity index (χ2v) is 3.78. The van der Waals surface area contributed by atoms with Crippen LogP contribution >= 0.6 is 0 Å². The molecule has 15 heavy (non-hydrogen) atoms. The van der Waals surface area contributed by atoms with Crippen LogP contribution in [0.1, 0.15) is 13.3 Å². The van der Waals surface area contributed by atoms with Crippen LogP contribution in [0.2, 0.25) is 0 Å². The highest BCUT2D eigenvalue weighted by atomic mass is 16.5. The Morgan fingerprint density at radius 1 is 1.73 bits per heavy atom. The van der Waals surface area contributed by atoms with Crippen molar-refractivity contribution in [2.45, 2.75) is 19.4 Å². The Morgan fingerprint density at radius 3 is 3.20 bits per heavy atom. The largest absolute Gasteiger partial charge is 0.378 e. The van der Waals surface area contributed by atoms with Gasteiger partial charge in [-0.2, -0.15) is 0 Å². The van der Waals surface area contributed by atoms with Crippen molar-refractivity contribution >= 4 is 6.03 Å². The third-order valence-electron chi connectivity index (χ3n) is 2.79. The Labute approximate surface area is 88.4 Å². The molecule has 0 aromatic carbocycles. The molecule has 1 amide bonds. The summed E-state index contributed by atoms with van der Waals surface area (Å²) < 4.78 is 6.85. The maximum Gasteiger partial charge on any atom is 0.326 e. The van der Waals surface area contributed by atoms with Crippen molar-refractivity contribution in [1.29, 1.82) is 0 Å². The van der Waals surface area contributed by atoms with Crippen molar-refractivity contribution in [3.63, 3.8) is 0 Å². The number of ether oxygens (including phenoxy) is 1. The van der Waals surface area contributed by atoms with Gasteiger partial charge < -0.3 is 10.1 Å². The van der Waals surface area contributed by atoms with Gasteiger partial charge in [-0.15, -0.1) is 0 Å². The standard InChI is InChI=1S/C10H15N3O2/c1-8-9(2-5-15-8)6-12-10(14)13-4-3-11-7-13/h3-4,7-9H,2,5-6H2,1H3,(H,12,14). The van der Waals surface area contributed by atoms with Crippen LogP contribution in [-0.4, -0.2) is 34.8 Å². The van der Waals surface area contributed by atoms with E-state index in [1.54, 1.807) is 12.4 Å². The van der Waals surface area contributed by atoms with Gasteiger partial charge in [-0.1, -0.05) is 0 Å². The van der Waals surface area contributed by atoms with Gasteiger partial charge in [0.05, 0.1) is 6.10 Å². The quantitative estimate of drug-likeness (QED) is 0.786. The molecule has 0 radical (unpaired) electrons. The van der Waals surface area contributed by atoms with Gasteiger partial charge in [0.1, 0.15) is 6.33 Å². The number of rotatable bonds is 2. The number of hydrogen-bond acceptors (Lipinski definition) is 3. The highest BCUT2D eigenvalue weighted by Crippen LogP contribution is 2.19. The highest BCUT2D eigenvalue weighted by Gasteiger charge is 2.24. The molecule has 2 unspecified atom stereocenters. The second-order valence-electron chi connectivity index (χ2n) is 3.78. The number of amides is 1. The summed E-state index contributed by atoms with van der Waals surface area (Å²) >= 11 is 0. The molecule has 0 saturated carbocycles. The SMILES string of the molecule is CC1OCCC1CNC(=O)n1ccnc1. The van der Waals surface area contributed by atoms with E-state index in [0.29, 0.717) is 12.5 Å². The van der Waals surface area contributed by atoms with Crippen molar-refractivity contribution in [3.8, 4) is 0 Å². The van der Waals surface area contributed by atoms with E-state index in [1.807, 2.05) is 6.92 Å². The van der Waals surface area contributed by atoms with Crippen LogP contribution in [0.5, 0.6) is 0 Å². The molecule has 1 aliphatic rings. The number of nitrogens with one attached hydrogen (secondary N) is 1. The van der Waals surface area contributed by atoms with Crippen LogP contribution in [0.15, 0.2) is 18.7 Å². The van der Waals surface area contributed by atoms with Gasteiger partial charge in [0.15, 0.2) is 0 Å². The van der Waals surface area contributed by atoms with E-state index in [-0.39, 0.29) is 12.1 Å². The minimum absolute atomic E-state index is 0.133. The monoisotopic (exact) mass is 209 g/mol. The van der Waals surface area contributed by atoms with Crippen molar-refractivity contribution in [2.24, 2.45) is 5.92 Å². The zero-order chi connectivity index (χ0) is 10.7. The first-order chi connectivity index (χ1) is 7.27. The Morgan fingerprint density at radius 2 is 2.60 bits per heavy atom. The zero-order valence-corrected chi connectivity index (χ0v) is 8.72. The Hall–Kier alpha value is -1.36. The maximum atomic E-state index is 11.5. The summed E-state index contributed by atoms with van der Waals surface area (Å²) in [6.45, 7) is 3.51. The number of imidazole rings is 1. The predicted molar refractivity (Wildman–Crippen MR) is 54.5 cm³/mol. The number of nitrogens with zero attached hydrogens (tertiary/aromatic N) is 2. The number of hydrogen-bond donors (Lipinski definition) is 1. The molecular formula is C10H15N3O2. The maximum absolute atomic E-state index is 11.5. The molecule has 1 N–H and O–H groups in total. The van der Waals surface area contributed by atoms with Crippen molar-refractivity contribution in [1.82, 2.24) is 14.9 Å². The summed E-state index contributed by atoms with van der Waals surface area (Å²) in [6, 6.07) is -0.133. The van der Waals surface area contributed by atoms with Crippen molar-refractivity contribution in [3.05, 3.63) is 18.7 Å². The number of aromatic nitrogens is 2. The molecule has 0 aliphatic carbocycles. The summed E-state index contributed by atoms with van der Waals surface area (Å²) in [5.74, 6) is 0.428. The van der Waals surface area contributed by atoms with E-state index in [9.17, 15) is 4.79 Å². The second kappa shape index (κ2) is 4.44. The molecule has 5 heteroatoms. The van der Waals surface area contributed by atoms with Gasteiger partial charge in [0.25, 0.3) is 0 Å². The average molecular weight is 209 g/mol. The van der Waals surface area contributed by atoms with Gasteiger partial charge in [-0.25, -0.2) is 9.78 Å². The number of carbonyl (C=O) groups excluding carboxylic acids is 1. The average Bonchev–Trinajstić information content (AvgIpc) is 2.85. The van der Waals surface area contributed by atoms with Gasteiger partial charge >= 0.3 is 6.03 Å². The van der Waals surface area contributed by atoms with E-state index in [1.165, 1.54) is 10.9 Å². The normalized spacial score (nSPS) is 25.4. The van der Waals surface area contributed by atoms with E-state index in [0.717, 1.165) is 13.0 Å². The topological polar surface area (TPSA) is 56.1 Å². The molecule has 1 aromatic rings. The Kier molecular flexibility index (Phi) is 3.01. The van der Waals surface area contributed by atoms with E-state index in [2.05, 4.69) is 10.3 Å². The van der Waals surface area contributed by atoms with Crippen LogP contribution in [0.25, 0.3) is 0 Å². The van der Waals surface area contributed by atoms with E-state index in [4.69, 9.17) is 4.74 Å². The lowest BCUT2D eigenvalue weighted by atomic mass is 10.0. The Balaban J connectivity index is 1.81. The summed E-state index contributed by atoms with van der Waals surface area (Å²) in [5, 5.41) is 2.86. The van der Waals surface area contributed by atoms with Gasteiger partial charge in [-0.05, 0) is 13.3 Å². The minimum atomic E-state index is -0.133. The third-order valence-corrected chi connectivity index (χ3v) is 2.79. The molecule has 0 spiro atoms. The van der Waals surface area contributed by atoms with Crippen LogP contribution in [0, 0.1) is 5.92 Å². The molecular weight excluding hydrogens is 194 g/mol. The number of carbonyl (C=O) groups is 1. The first-order valence-electron chi connectivity index (χ1n) is 5.15. The first-order valence-corrected chi connectivity index (χ1v) is 5.15. The van der Waals surface area contributed by atoms with Crippen LogP contribution in [0.4, 0.5) is 4.79 Å². The van der Waals surface area contributed by atoms with Gasteiger partial charge in [-0.3, -0.25) is 4.57 Å². The molecule has 82 valence electrons. The summed E-state index contributed by atoms with van der Waals surface area (Å²) in [7, 11) is 0. The molecule has 1 aromatic heterocycles. The lowest BCUT2D eigenvalue weighted by Gasteiger charge is -2.14. The fraction of sp³-hybridized carbons (Fsp3) is 0.600. The minimum Gasteiger partial charge on any atom is -0.378 e. The zero-order valence-electron chi connectivity index (χ0n) is 8.72. The van der Waals surface area contributed by atoms with Crippen LogP contribution < -0.4 is 5.32 Å². The Bertz CT molecular complexity index is 323. The molecule has 0 bridgehead atoms. The van der Waals surface area contributed by atoms with Crippen molar-refractivity contribution < 1.29 is 9.53 Å². The fourth-order valence-corrected chi connectivity index (χ4v) is 1.73. The van der Waals surface area contributed by atoms with Gasteiger partial charge in [0.2, 0.25) is 0 Å². The lowest BCUT2D eigenvalue weighted by molar-refractivity contribution is 0.106. The summed E-state index contributed by atoms with van der Waals surface area (Å²) in [4.78, 5) is 15.4. The lowest BCUT2D eigenvalue weighted by Crippen LogP contribution is -2.34. The van der Waals surface area contributed by atoms with E-state index >= 15 is 0 Å². The highest BCUT2D eigenvalue weighted by molar-refractivity contribution is 5.76. The molecule has 5 nitrogen and oxygen atoms in total. The van der Waals surface area contributed by atoms with Crippen LogP contribution in [0.3, 0.4) is 0 Å². The predicted octanol–water partition coefficient (Wildman–Crippen LogP) is 0.866. The first kappa shape index (κ1) is 10.2. The van der Waals surface area contributed by atoms with E-state index < -0.39 is 0 Å². The molecule has 2 heterocycles. The molecule has 1 fully saturated rings. The molecule has 1 saturated heterocycles. The molecule has 2 rings (SSSR count). The molecule has 2 atom stereocenters. The fourth-order valence-electron chi connectivity index (χ4n) is 1.73.